The Hall–Kier alpha value is -1.38. The predicted molar refractivity (Wildman–Crippen MR) is 77.8 cm³/mol. The zero-order chi connectivity index (χ0) is 14.9. The number of ether oxygens (including phenoxy) is 1. The van der Waals surface area contributed by atoms with Crippen molar-refractivity contribution < 1.29 is 14.3 Å². The molecule has 0 amide bonds. The number of hydrogen-bond acceptors (Lipinski definition) is 3. The van der Waals surface area contributed by atoms with E-state index in [1.807, 2.05) is 6.92 Å². The van der Waals surface area contributed by atoms with Crippen LogP contribution >= 0.6 is 0 Å². The SMILES string of the molecule is CC(=O)OC=C(C)C1C(=O)CCC2=CCCC(C)C21C. The highest BCUT2D eigenvalue weighted by Crippen LogP contribution is 2.54. The molecule has 1 saturated carbocycles. The Morgan fingerprint density at radius 3 is 2.75 bits per heavy atom. The van der Waals surface area contributed by atoms with Gasteiger partial charge in [-0.1, -0.05) is 25.5 Å². The number of Topliss-reactive ketones (excluding diaryl/α,β-unsaturated/α-hetero) is 1. The summed E-state index contributed by atoms with van der Waals surface area (Å²) in [6.45, 7) is 7.72. The lowest BCUT2D eigenvalue weighted by atomic mass is 9.54. The van der Waals surface area contributed by atoms with Crippen molar-refractivity contribution in [3.8, 4) is 0 Å². The summed E-state index contributed by atoms with van der Waals surface area (Å²) in [5.74, 6) is 0.249. The third-order valence-corrected chi connectivity index (χ3v) is 5.13. The van der Waals surface area contributed by atoms with Gasteiger partial charge in [-0.05, 0) is 37.7 Å². The van der Waals surface area contributed by atoms with E-state index in [1.165, 1.54) is 18.8 Å². The first-order chi connectivity index (χ1) is 9.37. The number of carbonyl (C=O) groups is 2. The minimum Gasteiger partial charge on any atom is -0.435 e. The molecule has 0 heterocycles. The summed E-state index contributed by atoms with van der Waals surface area (Å²) in [7, 11) is 0. The van der Waals surface area contributed by atoms with E-state index in [1.54, 1.807) is 0 Å². The van der Waals surface area contributed by atoms with Gasteiger partial charge in [0.05, 0.1) is 12.2 Å². The van der Waals surface area contributed by atoms with Crippen molar-refractivity contribution in [2.45, 2.75) is 53.4 Å². The van der Waals surface area contributed by atoms with E-state index in [2.05, 4.69) is 19.9 Å². The molecule has 3 atom stereocenters. The summed E-state index contributed by atoms with van der Waals surface area (Å²) < 4.78 is 4.99. The van der Waals surface area contributed by atoms with Gasteiger partial charge in [-0.3, -0.25) is 9.59 Å². The molecule has 3 unspecified atom stereocenters. The Bertz CT molecular complexity index is 486. The van der Waals surface area contributed by atoms with Crippen molar-refractivity contribution in [1.29, 1.82) is 0 Å². The molecule has 0 aromatic heterocycles. The second kappa shape index (κ2) is 5.55. The molecule has 0 aliphatic heterocycles. The predicted octanol–water partition coefficient (Wildman–Crippen LogP) is 3.80. The molecule has 0 N–H and O–H groups in total. The van der Waals surface area contributed by atoms with Crippen LogP contribution in [0.5, 0.6) is 0 Å². The number of esters is 1. The van der Waals surface area contributed by atoms with Gasteiger partial charge in [-0.25, -0.2) is 0 Å². The number of carbonyl (C=O) groups excluding carboxylic acids is 2. The molecule has 3 heteroatoms. The number of allylic oxidation sites excluding steroid dienone is 3. The second-order valence-corrected chi connectivity index (χ2v) is 6.36. The molecule has 20 heavy (non-hydrogen) atoms. The molecule has 1 fully saturated rings. The van der Waals surface area contributed by atoms with Crippen LogP contribution in [0, 0.1) is 17.3 Å². The summed E-state index contributed by atoms with van der Waals surface area (Å²) in [6, 6.07) is 0. The van der Waals surface area contributed by atoms with Crippen molar-refractivity contribution >= 4 is 11.8 Å². The highest BCUT2D eigenvalue weighted by molar-refractivity contribution is 5.87. The fourth-order valence-corrected chi connectivity index (χ4v) is 3.89. The minimum atomic E-state index is -0.342. The van der Waals surface area contributed by atoms with Crippen molar-refractivity contribution in [1.82, 2.24) is 0 Å². The minimum absolute atomic E-state index is 0.117. The van der Waals surface area contributed by atoms with E-state index in [9.17, 15) is 9.59 Å². The smallest absolute Gasteiger partial charge is 0.307 e. The van der Waals surface area contributed by atoms with Gasteiger partial charge in [0.25, 0.3) is 0 Å². The molecule has 0 spiro atoms. The van der Waals surface area contributed by atoms with Gasteiger partial charge in [-0.15, -0.1) is 0 Å². The van der Waals surface area contributed by atoms with Gasteiger partial charge in [0.2, 0.25) is 0 Å². The van der Waals surface area contributed by atoms with E-state index in [-0.39, 0.29) is 23.1 Å². The standard InChI is InChI=1S/C17H24O3/c1-11(10-20-13(3)18)16-15(19)9-8-14-7-5-6-12(2)17(14,16)4/h7,10,12,16H,5-6,8-9H2,1-4H3. The second-order valence-electron chi connectivity index (χ2n) is 6.36. The number of hydrogen-bond donors (Lipinski definition) is 0. The molecule has 0 aromatic carbocycles. The maximum absolute atomic E-state index is 12.5. The fraction of sp³-hybridized carbons (Fsp3) is 0.647. The Labute approximate surface area is 121 Å². The Kier molecular flexibility index (Phi) is 4.17. The molecule has 3 nitrogen and oxygen atoms in total. The van der Waals surface area contributed by atoms with E-state index in [4.69, 9.17) is 4.74 Å². The fourth-order valence-electron chi connectivity index (χ4n) is 3.89. The molecular formula is C17H24O3. The van der Waals surface area contributed by atoms with Gasteiger partial charge >= 0.3 is 5.97 Å². The molecule has 2 aliphatic rings. The largest absolute Gasteiger partial charge is 0.435 e. The maximum Gasteiger partial charge on any atom is 0.307 e. The molecule has 0 radical (unpaired) electrons. The Balaban J connectivity index is 2.39. The van der Waals surface area contributed by atoms with Crippen LogP contribution in [0.15, 0.2) is 23.5 Å². The molecule has 2 rings (SSSR count). The average Bonchev–Trinajstić information content (AvgIpc) is 2.38. The van der Waals surface area contributed by atoms with Gasteiger partial charge < -0.3 is 4.74 Å². The van der Waals surface area contributed by atoms with E-state index < -0.39 is 0 Å². The zero-order valence-corrected chi connectivity index (χ0v) is 12.9. The van der Waals surface area contributed by atoms with E-state index in [0.29, 0.717) is 12.3 Å². The highest BCUT2D eigenvalue weighted by Gasteiger charge is 2.49. The lowest BCUT2D eigenvalue weighted by Crippen LogP contribution is -2.45. The Morgan fingerprint density at radius 2 is 2.10 bits per heavy atom. The number of fused-ring (bicyclic) bond motifs is 1. The molecule has 0 aromatic rings. The first-order valence-corrected chi connectivity index (χ1v) is 7.43. The summed E-state index contributed by atoms with van der Waals surface area (Å²) in [6.07, 6.45) is 7.50. The average molecular weight is 276 g/mol. The molecule has 0 saturated heterocycles. The summed E-state index contributed by atoms with van der Waals surface area (Å²) >= 11 is 0. The van der Waals surface area contributed by atoms with Crippen molar-refractivity contribution in [3.63, 3.8) is 0 Å². The lowest BCUT2D eigenvalue weighted by Gasteiger charge is -2.49. The van der Waals surface area contributed by atoms with Crippen LogP contribution in [0.4, 0.5) is 0 Å². The zero-order valence-electron chi connectivity index (χ0n) is 12.9. The van der Waals surface area contributed by atoms with Crippen LogP contribution in [0.25, 0.3) is 0 Å². The third kappa shape index (κ3) is 2.46. The first kappa shape index (κ1) is 15.0. The van der Waals surface area contributed by atoms with Gasteiger partial charge in [0.15, 0.2) is 0 Å². The van der Waals surface area contributed by atoms with Crippen molar-refractivity contribution in [2.75, 3.05) is 0 Å². The topological polar surface area (TPSA) is 43.4 Å². The lowest BCUT2D eigenvalue weighted by molar-refractivity contribution is -0.136. The van der Waals surface area contributed by atoms with Crippen LogP contribution < -0.4 is 0 Å². The first-order valence-electron chi connectivity index (χ1n) is 7.43. The third-order valence-electron chi connectivity index (χ3n) is 5.13. The molecule has 0 bridgehead atoms. The highest BCUT2D eigenvalue weighted by atomic mass is 16.5. The molecule has 110 valence electrons. The van der Waals surface area contributed by atoms with Gasteiger partial charge in [-0.2, -0.15) is 0 Å². The summed E-state index contributed by atoms with van der Waals surface area (Å²) in [5, 5.41) is 0. The Morgan fingerprint density at radius 1 is 1.40 bits per heavy atom. The van der Waals surface area contributed by atoms with Crippen LogP contribution in [-0.4, -0.2) is 11.8 Å². The number of ketones is 1. The van der Waals surface area contributed by atoms with Gasteiger partial charge in [0.1, 0.15) is 5.78 Å². The van der Waals surface area contributed by atoms with Crippen LogP contribution in [0.2, 0.25) is 0 Å². The number of rotatable bonds is 2. The van der Waals surface area contributed by atoms with Crippen molar-refractivity contribution in [2.24, 2.45) is 17.3 Å². The quantitative estimate of drug-likeness (QED) is 0.438. The monoisotopic (exact) mass is 276 g/mol. The van der Waals surface area contributed by atoms with E-state index in [0.717, 1.165) is 24.8 Å². The summed E-state index contributed by atoms with van der Waals surface area (Å²) in [5.41, 5.74) is 2.16. The normalized spacial score (nSPS) is 34.3. The summed E-state index contributed by atoms with van der Waals surface area (Å²) in [4.78, 5) is 23.5. The van der Waals surface area contributed by atoms with Crippen LogP contribution in [0.1, 0.15) is 53.4 Å². The van der Waals surface area contributed by atoms with Crippen LogP contribution in [-0.2, 0) is 14.3 Å². The van der Waals surface area contributed by atoms with Crippen molar-refractivity contribution in [3.05, 3.63) is 23.5 Å². The maximum atomic E-state index is 12.5. The van der Waals surface area contributed by atoms with Crippen LogP contribution in [0.3, 0.4) is 0 Å². The molecule has 2 aliphatic carbocycles. The molecular weight excluding hydrogens is 252 g/mol. The van der Waals surface area contributed by atoms with Gasteiger partial charge in [0, 0.05) is 18.8 Å². The van der Waals surface area contributed by atoms with E-state index >= 15 is 0 Å².